The second-order valence-electron chi connectivity index (χ2n) is 6.69. The summed E-state index contributed by atoms with van der Waals surface area (Å²) in [6, 6.07) is 15.3. The number of amides is 1. The van der Waals surface area contributed by atoms with Gasteiger partial charge in [-0.05, 0) is 49.2 Å². The number of carbonyl (C=O) groups excluding carboxylic acids is 1. The van der Waals surface area contributed by atoms with Gasteiger partial charge in [-0.3, -0.25) is 9.36 Å². The van der Waals surface area contributed by atoms with Crippen molar-refractivity contribution in [3.8, 4) is 11.4 Å². The highest BCUT2D eigenvalue weighted by Crippen LogP contribution is 2.23. The molecule has 29 heavy (non-hydrogen) atoms. The summed E-state index contributed by atoms with van der Waals surface area (Å²) in [6.45, 7) is 4.51. The van der Waals surface area contributed by atoms with Gasteiger partial charge in [-0.2, -0.15) is 0 Å². The fourth-order valence-corrected chi connectivity index (χ4v) is 3.92. The second kappa shape index (κ2) is 10.1. The molecule has 0 spiro atoms. The lowest BCUT2D eigenvalue weighted by Crippen LogP contribution is -2.24. The molecule has 1 aromatic heterocycles. The Morgan fingerprint density at radius 1 is 1.17 bits per heavy atom. The first-order valence-corrected chi connectivity index (χ1v) is 10.7. The molecule has 0 aliphatic rings. The number of nitrogens with zero attached hydrogens (tertiary/aromatic N) is 3. The van der Waals surface area contributed by atoms with Crippen LogP contribution in [0, 0.1) is 6.92 Å². The van der Waals surface area contributed by atoms with E-state index in [-0.39, 0.29) is 12.5 Å². The zero-order chi connectivity index (χ0) is 20.6. The van der Waals surface area contributed by atoms with Gasteiger partial charge in [-0.15, -0.1) is 10.2 Å². The normalized spacial score (nSPS) is 10.7. The van der Waals surface area contributed by atoms with Crippen molar-refractivity contribution in [1.29, 1.82) is 0 Å². The minimum Gasteiger partial charge on any atom is -0.497 e. The average molecular weight is 411 g/mol. The molecule has 2 aromatic carbocycles. The van der Waals surface area contributed by atoms with E-state index in [1.54, 1.807) is 37.1 Å². The number of nitrogens with one attached hydrogen (secondary N) is 1. The van der Waals surface area contributed by atoms with Gasteiger partial charge in [0.25, 0.3) is 5.91 Å². The summed E-state index contributed by atoms with van der Waals surface area (Å²) in [4.78, 5) is 12.6. The molecular weight excluding hydrogens is 384 g/mol. The van der Waals surface area contributed by atoms with Gasteiger partial charge >= 0.3 is 0 Å². The molecule has 0 saturated heterocycles. The molecule has 1 N–H and O–H groups in total. The molecule has 3 rings (SSSR count). The second-order valence-corrected chi connectivity index (χ2v) is 7.75. The van der Waals surface area contributed by atoms with Crippen LogP contribution in [0.25, 0.3) is 5.69 Å². The van der Waals surface area contributed by atoms with Crippen LogP contribution in [0.1, 0.15) is 41.5 Å². The number of aryl methyl sites for hydroxylation is 1. The van der Waals surface area contributed by atoms with Crippen LogP contribution in [0.15, 0.2) is 53.7 Å². The average Bonchev–Trinajstić information content (AvgIpc) is 3.15. The lowest BCUT2D eigenvalue weighted by atomic mass is 10.2. The summed E-state index contributed by atoms with van der Waals surface area (Å²) in [7, 11) is 1.58. The van der Waals surface area contributed by atoms with Gasteiger partial charge in [0.2, 0.25) is 0 Å². The Balaban J connectivity index is 1.81. The fraction of sp³-hybridized carbons (Fsp3) is 0.318. The largest absolute Gasteiger partial charge is 0.497 e. The van der Waals surface area contributed by atoms with Crippen LogP contribution in [0.2, 0.25) is 0 Å². The van der Waals surface area contributed by atoms with E-state index >= 15 is 0 Å². The van der Waals surface area contributed by atoms with Crippen molar-refractivity contribution in [2.45, 2.75) is 38.4 Å². The highest BCUT2D eigenvalue weighted by atomic mass is 32.2. The van der Waals surface area contributed by atoms with Gasteiger partial charge in [-0.25, -0.2) is 0 Å². The minimum atomic E-state index is -0.178. The molecule has 0 radical (unpaired) electrons. The summed E-state index contributed by atoms with van der Waals surface area (Å²) >= 11 is 1.69. The molecule has 0 aliphatic carbocycles. The van der Waals surface area contributed by atoms with Crippen LogP contribution < -0.4 is 10.1 Å². The summed E-state index contributed by atoms with van der Waals surface area (Å²) < 4.78 is 7.22. The number of rotatable bonds is 9. The summed E-state index contributed by atoms with van der Waals surface area (Å²) in [6.07, 6.45) is 2.25. The third-order valence-corrected chi connectivity index (χ3v) is 5.44. The molecule has 0 unspecified atom stereocenters. The van der Waals surface area contributed by atoms with Gasteiger partial charge in [0.15, 0.2) is 11.0 Å². The maximum atomic E-state index is 12.6. The van der Waals surface area contributed by atoms with Gasteiger partial charge in [0.05, 0.1) is 13.7 Å². The van der Waals surface area contributed by atoms with Crippen molar-refractivity contribution < 1.29 is 9.53 Å². The highest BCUT2D eigenvalue weighted by Gasteiger charge is 2.16. The number of hydrogen-bond donors (Lipinski definition) is 1. The standard InChI is InChI=1S/C22H26N4O2S/c1-4-5-12-29-22-25-24-20(26(22)18-10-6-8-16(2)13-18)15-23-21(27)17-9-7-11-19(14-17)28-3/h6-11,13-14H,4-5,12,15H2,1-3H3,(H,23,27). The third kappa shape index (κ3) is 5.38. The molecule has 1 amide bonds. The molecular formula is C22H26N4O2S. The Morgan fingerprint density at radius 2 is 2.00 bits per heavy atom. The van der Waals surface area contributed by atoms with Crippen molar-refractivity contribution in [2.24, 2.45) is 0 Å². The number of methoxy groups -OCH3 is 1. The first kappa shape index (κ1) is 20.9. The number of aromatic nitrogens is 3. The first-order valence-electron chi connectivity index (χ1n) is 9.68. The molecule has 7 heteroatoms. The molecule has 6 nitrogen and oxygen atoms in total. The van der Waals surface area contributed by atoms with Crippen LogP contribution in [0.3, 0.4) is 0 Å². The van der Waals surface area contributed by atoms with Crippen LogP contribution in [0.4, 0.5) is 0 Å². The predicted octanol–water partition coefficient (Wildman–Crippen LogP) is 4.41. The Hall–Kier alpha value is -2.80. The maximum Gasteiger partial charge on any atom is 0.251 e. The van der Waals surface area contributed by atoms with Gasteiger partial charge < -0.3 is 10.1 Å². The zero-order valence-corrected chi connectivity index (χ0v) is 17.8. The summed E-state index contributed by atoms with van der Waals surface area (Å²) in [5.74, 6) is 2.15. The Kier molecular flexibility index (Phi) is 7.30. The van der Waals surface area contributed by atoms with E-state index in [1.807, 2.05) is 22.8 Å². The smallest absolute Gasteiger partial charge is 0.251 e. The Morgan fingerprint density at radius 3 is 2.76 bits per heavy atom. The van der Waals surface area contributed by atoms with Crippen LogP contribution in [-0.4, -0.2) is 33.5 Å². The summed E-state index contributed by atoms with van der Waals surface area (Å²) in [5.41, 5.74) is 2.70. The number of unbranched alkanes of at least 4 members (excludes halogenated alkanes) is 1. The maximum absolute atomic E-state index is 12.6. The van der Waals surface area contributed by atoms with Crippen molar-refractivity contribution >= 4 is 17.7 Å². The molecule has 3 aromatic rings. The van der Waals surface area contributed by atoms with Crippen LogP contribution in [0.5, 0.6) is 5.75 Å². The number of thioether (sulfide) groups is 1. The molecule has 1 heterocycles. The van der Waals surface area contributed by atoms with E-state index in [0.29, 0.717) is 17.1 Å². The van der Waals surface area contributed by atoms with E-state index in [4.69, 9.17) is 4.74 Å². The number of hydrogen-bond acceptors (Lipinski definition) is 5. The third-order valence-electron chi connectivity index (χ3n) is 4.43. The van der Waals surface area contributed by atoms with E-state index in [0.717, 1.165) is 35.0 Å². The van der Waals surface area contributed by atoms with Crippen LogP contribution >= 0.6 is 11.8 Å². The van der Waals surface area contributed by atoms with Crippen molar-refractivity contribution in [3.05, 3.63) is 65.5 Å². The van der Waals surface area contributed by atoms with E-state index in [9.17, 15) is 4.79 Å². The first-order chi connectivity index (χ1) is 14.1. The van der Waals surface area contributed by atoms with Gasteiger partial charge in [0.1, 0.15) is 5.75 Å². The molecule has 0 saturated carbocycles. The Labute approximate surface area is 175 Å². The number of ether oxygens (including phenoxy) is 1. The molecule has 0 fully saturated rings. The number of carbonyl (C=O) groups is 1. The van der Waals surface area contributed by atoms with Crippen molar-refractivity contribution in [1.82, 2.24) is 20.1 Å². The highest BCUT2D eigenvalue weighted by molar-refractivity contribution is 7.99. The Bertz CT molecular complexity index is 971. The minimum absolute atomic E-state index is 0.178. The van der Waals surface area contributed by atoms with Gasteiger partial charge in [0, 0.05) is 17.0 Å². The van der Waals surface area contributed by atoms with E-state index in [2.05, 4.69) is 41.5 Å². The molecule has 0 bridgehead atoms. The lowest BCUT2D eigenvalue weighted by Gasteiger charge is -2.12. The quantitative estimate of drug-likeness (QED) is 0.418. The van der Waals surface area contributed by atoms with E-state index in [1.165, 1.54) is 0 Å². The summed E-state index contributed by atoms with van der Waals surface area (Å²) in [5, 5.41) is 12.5. The van der Waals surface area contributed by atoms with Crippen molar-refractivity contribution in [3.63, 3.8) is 0 Å². The molecule has 0 atom stereocenters. The van der Waals surface area contributed by atoms with Crippen LogP contribution in [-0.2, 0) is 6.54 Å². The lowest BCUT2D eigenvalue weighted by molar-refractivity contribution is 0.0949. The van der Waals surface area contributed by atoms with Crippen molar-refractivity contribution in [2.75, 3.05) is 12.9 Å². The zero-order valence-electron chi connectivity index (χ0n) is 17.0. The fourth-order valence-electron chi connectivity index (χ4n) is 2.87. The molecule has 152 valence electrons. The molecule has 0 aliphatic heterocycles. The predicted molar refractivity (Wildman–Crippen MR) is 116 cm³/mol. The topological polar surface area (TPSA) is 69.0 Å². The monoisotopic (exact) mass is 410 g/mol. The van der Waals surface area contributed by atoms with E-state index < -0.39 is 0 Å². The number of benzene rings is 2. The SMILES string of the molecule is CCCCSc1nnc(CNC(=O)c2cccc(OC)c2)n1-c1cccc(C)c1. The van der Waals surface area contributed by atoms with Gasteiger partial charge in [-0.1, -0.05) is 43.3 Å².